The third kappa shape index (κ3) is 7.42. The number of piperazine rings is 1. The number of carbonyl (C=O) groups is 3. The molecule has 44 heavy (non-hydrogen) atoms. The van der Waals surface area contributed by atoms with Crippen molar-refractivity contribution < 1.29 is 24.4 Å². The highest BCUT2D eigenvalue weighted by atomic mass is 16.6. The first-order valence-electron chi connectivity index (χ1n) is 15.3. The van der Waals surface area contributed by atoms with Crippen molar-refractivity contribution >= 4 is 23.4 Å². The average Bonchev–Trinajstić information content (AvgIpc) is 3.03. The van der Waals surface area contributed by atoms with Gasteiger partial charge in [-0.3, -0.25) is 24.5 Å². The molecule has 3 atom stereocenters. The number of aromatic hydroxyl groups is 1. The van der Waals surface area contributed by atoms with Crippen LogP contribution in [0.4, 0.5) is 5.69 Å². The van der Waals surface area contributed by atoms with Crippen LogP contribution in [-0.2, 0) is 27.2 Å². The Morgan fingerprint density at radius 2 is 1.64 bits per heavy atom. The van der Waals surface area contributed by atoms with E-state index in [2.05, 4.69) is 10.6 Å². The maximum absolute atomic E-state index is 14.3. The van der Waals surface area contributed by atoms with Gasteiger partial charge in [0.05, 0.1) is 4.92 Å². The van der Waals surface area contributed by atoms with Crippen molar-refractivity contribution in [2.75, 3.05) is 6.54 Å². The molecule has 3 aromatic carbocycles. The van der Waals surface area contributed by atoms with Crippen LogP contribution in [0.5, 0.6) is 5.75 Å². The summed E-state index contributed by atoms with van der Waals surface area (Å²) in [5, 5.41) is 26.9. The predicted octanol–water partition coefficient (Wildman–Crippen LogP) is 4.61. The number of nitrogens with zero attached hydrogens (tertiary/aromatic N) is 2. The second-order valence-electron chi connectivity index (χ2n) is 11.7. The van der Waals surface area contributed by atoms with Crippen molar-refractivity contribution in [2.24, 2.45) is 5.92 Å². The van der Waals surface area contributed by atoms with Gasteiger partial charge in [-0.05, 0) is 59.7 Å². The number of hydrogen-bond acceptors (Lipinski definition) is 6. The first kappa shape index (κ1) is 30.7. The number of non-ortho nitro benzene ring substituents is 1. The van der Waals surface area contributed by atoms with E-state index < -0.39 is 29.0 Å². The summed E-state index contributed by atoms with van der Waals surface area (Å²) >= 11 is 0. The Morgan fingerprint density at radius 3 is 2.30 bits per heavy atom. The molecule has 1 aliphatic heterocycles. The molecular formula is C34H38N4O6. The standard InChI is InChI=1S/C34H38N4O6/c39-28-17-11-23(12-18-28)19-20-35-33(41)31(26-13-15-27(16-14-26)38(43)44)37-30(22-25-9-5-2-6-10-25)32(40)36-29(34(37)42)21-24-7-3-1-4-8-24/h1,3-4,7-8,11-18,25,29-31,39H,2,5-6,9-10,19-22H2,(H,35,41)(H,36,40). The number of hydrogen-bond donors (Lipinski definition) is 3. The molecule has 2 fully saturated rings. The van der Waals surface area contributed by atoms with Crippen molar-refractivity contribution in [3.63, 3.8) is 0 Å². The Kier molecular flexibility index (Phi) is 9.89. The third-order valence-electron chi connectivity index (χ3n) is 8.67. The van der Waals surface area contributed by atoms with Gasteiger partial charge in [0.15, 0.2) is 0 Å². The van der Waals surface area contributed by atoms with E-state index in [1.165, 1.54) is 29.2 Å². The first-order chi connectivity index (χ1) is 21.3. The van der Waals surface area contributed by atoms with Gasteiger partial charge in [-0.2, -0.15) is 0 Å². The zero-order chi connectivity index (χ0) is 31.1. The molecule has 230 valence electrons. The van der Waals surface area contributed by atoms with E-state index in [9.17, 15) is 29.6 Å². The summed E-state index contributed by atoms with van der Waals surface area (Å²) in [5.41, 5.74) is 2.04. The van der Waals surface area contributed by atoms with Crippen LogP contribution >= 0.6 is 0 Å². The minimum atomic E-state index is -1.17. The summed E-state index contributed by atoms with van der Waals surface area (Å²) in [4.78, 5) is 54.5. The highest BCUT2D eigenvalue weighted by Crippen LogP contribution is 2.35. The fourth-order valence-corrected chi connectivity index (χ4v) is 6.35. The number of amides is 3. The molecule has 3 unspecified atom stereocenters. The van der Waals surface area contributed by atoms with Crippen molar-refractivity contribution in [2.45, 2.75) is 69.5 Å². The van der Waals surface area contributed by atoms with E-state index in [1.54, 1.807) is 24.3 Å². The van der Waals surface area contributed by atoms with Crippen LogP contribution in [0.15, 0.2) is 78.9 Å². The number of benzene rings is 3. The predicted molar refractivity (Wildman–Crippen MR) is 165 cm³/mol. The van der Waals surface area contributed by atoms with Crippen molar-refractivity contribution in [1.29, 1.82) is 0 Å². The molecule has 1 aliphatic carbocycles. The number of nitro benzene ring substituents is 1. The highest BCUT2D eigenvalue weighted by molar-refractivity contribution is 6.00. The van der Waals surface area contributed by atoms with Crippen molar-refractivity contribution in [3.05, 3.63) is 106 Å². The zero-order valence-corrected chi connectivity index (χ0v) is 24.6. The van der Waals surface area contributed by atoms with Crippen LogP contribution in [0.3, 0.4) is 0 Å². The van der Waals surface area contributed by atoms with Gasteiger partial charge in [-0.25, -0.2) is 0 Å². The number of carbonyl (C=O) groups excluding carboxylic acids is 3. The molecule has 0 radical (unpaired) electrons. The minimum absolute atomic E-state index is 0.135. The molecular weight excluding hydrogens is 560 g/mol. The molecule has 0 bridgehead atoms. The Hall–Kier alpha value is -4.73. The van der Waals surface area contributed by atoms with Crippen molar-refractivity contribution in [3.8, 4) is 5.75 Å². The molecule has 3 amide bonds. The topological polar surface area (TPSA) is 142 Å². The van der Waals surface area contributed by atoms with Gasteiger partial charge in [0.2, 0.25) is 17.7 Å². The van der Waals surface area contributed by atoms with Gasteiger partial charge >= 0.3 is 0 Å². The molecule has 2 aliphatic rings. The highest BCUT2D eigenvalue weighted by Gasteiger charge is 2.47. The summed E-state index contributed by atoms with van der Waals surface area (Å²) in [5.74, 6) is -0.721. The van der Waals surface area contributed by atoms with E-state index in [1.807, 2.05) is 30.3 Å². The molecule has 10 heteroatoms. The lowest BCUT2D eigenvalue weighted by atomic mass is 9.82. The Bertz CT molecular complexity index is 1460. The first-order valence-corrected chi connectivity index (χ1v) is 15.3. The van der Waals surface area contributed by atoms with Gasteiger partial charge in [-0.1, -0.05) is 74.6 Å². The van der Waals surface area contributed by atoms with Crippen LogP contribution in [0.25, 0.3) is 0 Å². The number of nitrogens with one attached hydrogen (secondary N) is 2. The minimum Gasteiger partial charge on any atom is -0.508 e. The molecule has 10 nitrogen and oxygen atoms in total. The maximum Gasteiger partial charge on any atom is 0.269 e. The van der Waals surface area contributed by atoms with Gasteiger partial charge in [0.25, 0.3) is 5.69 Å². The van der Waals surface area contributed by atoms with Gasteiger partial charge in [-0.15, -0.1) is 0 Å². The van der Waals surface area contributed by atoms with Crippen LogP contribution in [-0.4, -0.2) is 51.3 Å². The number of phenols is 1. The Balaban J connectivity index is 1.48. The summed E-state index contributed by atoms with van der Waals surface area (Å²) < 4.78 is 0. The van der Waals surface area contributed by atoms with Gasteiger partial charge in [0, 0.05) is 25.1 Å². The van der Waals surface area contributed by atoms with E-state index in [0.29, 0.717) is 18.4 Å². The molecule has 0 spiro atoms. The van der Waals surface area contributed by atoms with E-state index >= 15 is 0 Å². The van der Waals surface area contributed by atoms with Crippen LogP contribution in [0.1, 0.15) is 61.3 Å². The smallest absolute Gasteiger partial charge is 0.269 e. The molecule has 1 heterocycles. The number of phenolic OH excluding ortho intramolecular Hbond substituents is 1. The van der Waals surface area contributed by atoms with E-state index in [0.717, 1.165) is 43.2 Å². The average molecular weight is 599 g/mol. The number of rotatable bonds is 11. The van der Waals surface area contributed by atoms with Crippen LogP contribution in [0, 0.1) is 16.0 Å². The number of nitro groups is 1. The Morgan fingerprint density at radius 1 is 0.955 bits per heavy atom. The lowest BCUT2D eigenvalue weighted by Gasteiger charge is -2.44. The maximum atomic E-state index is 14.3. The quantitative estimate of drug-likeness (QED) is 0.217. The summed E-state index contributed by atoms with van der Waals surface area (Å²) in [6, 6.07) is 18.8. The van der Waals surface area contributed by atoms with Gasteiger partial charge < -0.3 is 20.6 Å². The zero-order valence-electron chi connectivity index (χ0n) is 24.6. The summed E-state index contributed by atoms with van der Waals surface area (Å²) in [6.07, 6.45) is 6.38. The van der Waals surface area contributed by atoms with E-state index in [-0.39, 0.29) is 42.1 Å². The lowest BCUT2D eigenvalue weighted by Crippen LogP contribution is -2.66. The second kappa shape index (κ2) is 14.2. The largest absolute Gasteiger partial charge is 0.508 e. The lowest BCUT2D eigenvalue weighted by molar-refractivity contribution is -0.384. The SMILES string of the molecule is O=C1NC(Cc2ccccc2)C(=O)N(C(C(=O)NCCc2ccc(O)cc2)c2ccc([N+](=O)[O-])cc2)C1CC1CCCCC1. The van der Waals surface area contributed by atoms with Crippen LogP contribution < -0.4 is 10.6 Å². The molecule has 1 saturated carbocycles. The van der Waals surface area contributed by atoms with Crippen LogP contribution in [0.2, 0.25) is 0 Å². The van der Waals surface area contributed by atoms with Crippen molar-refractivity contribution in [1.82, 2.24) is 15.5 Å². The normalized spacial score (nSPS) is 19.7. The second-order valence-corrected chi connectivity index (χ2v) is 11.7. The van der Waals surface area contributed by atoms with E-state index in [4.69, 9.17) is 0 Å². The molecule has 5 rings (SSSR count). The summed E-state index contributed by atoms with van der Waals surface area (Å²) in [6.45, 7) is 0.252. The molecule has 1 saturated heterocycles. The third-order valence-corrected chi connectivity index (χ3v) is 8.67. The fourth-order valence-electron chi connectivity index (χ4n) is 6.35. The Labute approximate surface area is 256 Å². The monoisotopic (exact) mass is 598 g/mol. The fraction of sp³-hybridized carbons (Fsp3) is 0.382. The molecule has 0 aromatic heterocycles. The van der Waals surface area contributed by atoms with Gasteiger partial charge in [0.1, 0.15) is 23.9 Å². The molecule has 3 aromatic rings. The summed E-state index contributed by atoms with van der Waals surface area (Å²) in [7, 11) is 0. The molecule has 3 N–H and O–H groups in total.